The highest BCUT2D eigenvalue weighted by Crippen LogP contribution is 2.33. The minimum absolute atomic E-state index is 0.167. The number of anilines is 2. The van der Waals surface area contributed by atoms with Crippen LogP contribution in [0.1, 0.15) is 56.4 Å². The molecule has 0 unspecified atom stereocenters. The number of hydrogen-bond donors (Lipinski definition) is 1. The highest BCUT2D eigenvalue weighted by atomic mass is 19.1. The van der Waals surface area contributed by atoms with Gasteiger partial charge in [0.15, 0.2) is 0 Å². The predicted molar refractivity (Wildman–Crippen MR) is 105 cm³/mol. The van der Waals surface area contributed by atoms with Crippen LogP contribution in [0.5, 0.6) is 0 Å². The van der Waals surface area contributed by atoms with E-state index in [4.69, 9.17) is 0 Å². The van der Waals surface area contributed by atoms with E-state index in [0.717, 1.165) is 37.4 Å². The van der Waals surface area contributed by atoms with E-state index in [1.54, 1.807) is 12.1 Å². The molecule has 4 rings (SSSR count). The first-order valence-corrected chi connectivity index (χ1v) is 10.0. The van der Waals surface area contributed by atoms with Crippen molar-refractivity contribution in [1.29, 1.82) is 0 Å². The third-order valence-electron chi connectivity index (χ3n) is 5.81. The minimum Gasteiger partial charge on any atom is -0.369 e. The summed E-state index contributed by atoms with van der Waals surface area (Å²) in [6.45, 7) is 1.87. The van der Waals surface area contributed by atoms with Crippen LogP contribution >= 0.6 is 0 Å². The lowest BCUT2D eigenvalue weighted by Crippen LogP contribution is -2.42. The van der Waals surface area contributed by atoms with Gasteiger partial charge in [0.1, 0.15) is 11.6 Å². The van der Waals surface area contributed by atoms with Crippen LogP contribution in [0.3, 0.4) is 0 Å². The predicted octanol–water partition coefficient (Wildman–Crippen LogP) is 5.35. The molecule has 1 saturated heterocycles. The second kappa shape index (κ2) is 8.07. The molecule has 138 valence electrons. The summed E-state index contributed by atoms with van der Waals surface area (Å²) in [6, 6.07) is 11.7. The molecule has 26 heavy (non-hydrogen) atoms. The number of nitrogens with one attached hydrogen (secondary N) is 1. The first kappa shape index (κ1) is 17.3. The van der Waals surface area contributed by atoms with E-state index in [2.05, 4.69) is 27.3 Å². The summed E-state index contributed by atoms with van der Waals surface area (Å²) in [7, 11) is 0. The van der Waals surface area contributed by atoms with Gasteiger partial charge in [-0.15, -0.1) is 0 Å². The molecule has 0 radical (unpaired) electrons. The first-order chi connectivity index (χ1) is 12.8. The van der Waals surface area contributed by atoms with Crippen LogP contribution in [0.25, 0.3) is 0 Å². The van der Waals surface area contributed by atoms with Gasteiger partial charge in [0, 0.05) is 31.0 Å². The van der Waals surface area contributed by atoms with Crippen LogP contribution < -0.4 is 10.2 Å². The van der Waals surface area contributed by atoms with Crippen molar-refractivity contribution in [2.75, 3.05) is 23.3 Å². The molecule has 2 aliphatic rings. The van der Waals surface area contributed by atoms with E-state index in [9.17, 15) is 4.39 Å². The highest BCUT2D eigenvalue weighted by molar-refractivity contribution is 5.48. The quantitative estimate of drug-likeness (QED) is 0.803. The molecular formula is C22H28FN3. The molecule has 1 atom stereocenters. The number of aromatic nitrogens is 1. The zero-order valence-electron chi connectivity index (χ0n) is 15.3. The molecule has 1 aromatic carbocycles. The lowest BCUT2D eigenvalue weighted by molar-refractivity contribution is 0.443. The Bertz CT molecular complexity index is 727. The smallest absolute Gasteiger partial charge is 0.126 e. The summed E-state index contributed by atoms with van der Waals surface area (Å²) in [5, 5.41) is 3.63. The van der Waals surface area contributed by atoms with E-state index >= 15 is 0 Å². The molecule has 2 heterocycles. The van der Waals surface area contributed by atoms with Crippen LogP contribution in [0, 0.1) is 5.82 Å². The molecule has 4 heteroatoms. The molecule has 1 saturated carbocycles. The second-order valence-electron chi connectivity index (χ2n) is 7.72. The van der Waals surface area contributed by atoms with Gasteiger partial charge >= 0.3 is 0 Å². The molecule has 1 aromatic heterocycles. The SMILES string of the molecule is Fc1cccc(N2CCC[C@@H](Nc3cc(C4CCCCC4)ccn3)C2)c1. The third-order valence-corrected chi connectivity index (χ3v) is 5.81. The third kappa shape index (κ3) is 4.17. The maximum absolute atomic E-state index is 13.5. The molecule has 0 spiro atoms. The Labute approximate surface area is 155 Å². The standard InChI is InChI=1S/C22H28FN3/c23-19-8-4-10-21(15-19)26-13-5-9-20(16-26)25-22-14-18(11-12-24-22)17-6-2-1-3-7-17/h4,8,10-12,14-15,17,20H,1-3,5-7,9,13,16H2,(H,24,25)/t20-/m1/s1. The number of pyridine rings is 1. The van der Waals surface area contributed by atoms with E-state index in [1.807, 2.05) is 12.3 Å². The number of piperidine rings is 1. The monoisotopic (exact) mass is 353 g/mol. The Balaban J connectivity index is 1.42. The van der Waals surface area contributed by atoms with Gasteiger partial charge in [0.05, 0.1) is 0 Å². The Morgan fingerprint density at radius 3 is 2.73 bits per heavy atom. The van der Waals surface area contributed by atoms with Crippen molar-refractivity contribution < 1.29 is 4.39 Å². The Morgan fingerprint density at radius 2 is 1.88 bits per heavy atom. The summed E-state index contributed by atoms with van der Waals surface area (Å²) in [5.41, 5.74) is 2.40. The number of halogens is 1. The molecular weight excluding hydrogens is 325 g/mol. The molecule has 3 nitrogen and oxygen atoms in total. The van der Waals surface area contributed by atoms with Gasteiger partial charge in [-0.2, -0.15) is 0 Å². The fourth-order valence-electron chi connectivity index (χ4n) is 4.43. The summed E-state index contributed by atoms with van der Waals surface area (Å²) < 4.78 is 13.5. The Hall–Kier alpha value is -2.10. The van der Waals surface area contributed by atoms with Gasteiger partial charge in [-0.05, 0) is 67.5 Å². The molecule has 1 N–H and O–H groups in total. The van der Waals surface area contributed by atoms with Crippen LogP contribution in [0.4, 0.5) is 15.9 Å². The van der Waals surface area contributed by atoms with Crippen molar-refractivity contribution >= 4 is 11.5 Å². The van der Waals surface area contributed by atoms with Crippen molar-refractivity contribution in [1.82, 2.24) is 4.98 Å². The fraction of sp³-hybridized carbons (Fsp3) is 0.500. The molecule has 0 amide bonds. The van der Waals surface area contributed by atoms with Gasteiger partial charge in [-0.1, -0.05) is 25.3 Å². The topological polar surface area (TPSA) is 28.2 Å². The van der Waals surface area contributed by atoms with Crippen LogP contribution in [0.2, 0.25) is 0 Å². The van der Waals surface area contributed by atoms with Crippen molar-refractivity contribution in [3.05, 3.63) is 54.0 Å². The zero-order valence-corrected chi connectivity index (χ0v) is 15.3. The second-order valence-corrected chi connectivity index (χ2v) is 7.72. The largest absolute Gasteiger partial charge is 0.369 e. The zero-order chi connectivity index (χ0) is 17.8. The van der Waals surface area contributed by atoms with E-state index in [-0.39, 0.29) is 5.82 Å². The Morgan fingerprint density at radius 1 is 1.00 bits per heavy atom. The fourth-order valence-corrected chi connectivity index (χ4v) is 4.43. The maximum atomic E-state index is 13.5. The van der Waals surface area contributed by atoms with Crippen LogP contribution in [0.15, 0.2) is 42.6 Å². The van der Waals surface area contributed by atoms with E-state index in [0.29, 0.717) is 12.0 Å². The van der Waals surface area contributed by atoms with Crippen LogP contribution in [-0.4, -0.2) is 24.1 Å². The van der Waals surface area contributed by atoms with Gasteiger partial charge in [-0.3, -0.25) is 0 Å². The van der Waals surface area contributed by atoms with Crippen molar-refractivity contribution in [2.24, 2.45) is 0 Å². The molecule has 2 aromatic rings. The number of benzene rings is 1. The van der Waals surface area contributed by atoms with Gasteiger partial charge in [0.2, 0.25) is 0 Å². The number of nitrogens with zero attached hydrogens (tertiary/aromatic N) is 2. The molecule has 2 fully saturated rings. The van der Waals surface area contributed by atoms with E-state index < -0.39 is 0 Å². The van der Waals surface area contributed by atoms with Gasteiger partial charge < -0.3 is 10.2 Å². The maximum Gasteiger partial charge on any atom is 0.126 e. The number of rotatable bonds is 4. The van der Waals surface area contributed by atoms with Gasteiger partial charge in [0.25, 0.3) is 0 Å². The summed E-state index contributed by atoms with van der Waals surface area (Å²) in [4.78, 5) is 6.82. The number of hydrogen-bond acceptors (Lipinski definition) is 3. The summed E-state index contributed by atoms with van der Waals surface area (Å²) in [6.07, 6.45) is 10.9. The van der Waals surface area contributed by atoms with Crippen molar-refractivity contribution in [2.45, 2.75) is 56.9 Å². The van der Waals surface area contributed by atoms with Gasteiger partial charge in [-0.25, -0.2) is 9.37 Å². The van der Waals surface area contributed by atoms with Crippen LogP contribution in [-0.2, 0) is 0 Å². The Kier molecular flexibility index (Phi) is 5.37. The first-order valence-electron chi connectivity index (χ1n) is 10.0. The lowest BCUT2D eigenvalue weighted by atomic mass is 9.84. The summed E-state index contributed by atoms with van der Waals surface area (Å²) >= 11 is 0. The average Bonchev–Trinajstić information content (AvgIpc) is 2.69. The molecule has 1 aliphatic heterocycles. The lowest BCUT2D eigenvalue weighted by Gasteiger charge is -2.35. The van der Waals surface area contributed by atoms with Crippen molar-refractivity contribution in [3.8, 4) is 0 Å². The average molecular weight is 353 g/mol. The van der Waals surface area contributed by atoms with E-state index in [1.165, 1.54) is 43.7 Å². The van der Waals surface area contributed by atoms with Crippen molar-refractivity contribution in [3.63, 3.8) is 0 Å². The summed E-state index contributed by atoms with van der Waals surface area (Å²) in [5.74, 6) is 1.51. The molecule has 1 aliphatic carbocycles. The molecule has 0 bridgehead atoms. The normalized spacial score (nSPS) is 21.6. The highest BCUT2D eigenvalue weighted by Gasteiger charge is 2.21. The minimum atomic E-state index is -0.167.